The Hall–Kier alpha value is -4.93. The SMILES string of the molecule is CC(C)C(NC(=O)C(Cc1cccc2ccccc12)NC(=O)C(CCC(=O)OC(C)(C)C)NC(=O)OCc1ccccc1)C(=O)O. The van der Waals surface area contributed by atoms with E-state index in [0.29, 0.717) is 0 Å². The molecule has 0 spiro atoms. The Labute approximate surface area is 269 Å². The van der Waals surface area contributed by atoms with Gasteiger partial charge in [0.25, 0.3) is 0 Å². The Kier molecular flexibility index (Phi) is 12.7. The van der Waals surface area contributed by atoms with Crippen LogP contribution >= 0.6 is 0 Å². The fourth-order valence-corrected chi connectivity index (χ4v) is 4.77. The van der Waals surface area contributed by atoms with Gasteiger partial charge < -0.3 is 30.5 Å². The third-order valence-electron chi connectivity index (χ3n) is 7.05. The van der Waals surface area contributed by atoms with E-state index in [1.165, 1.54) is 0 Å². The van der Waals surface area contributed by atoms with Crippen LogP contribution in [0, 0.1) is 5.92 Å². The Bertz CT molecular complexity index is 1510. The van der Waals surface area contributed by atoms with Crippen LogP contribution in [-0.2, 0) is 41.7 Å². The lowest BCUT2D eigenvalue weighted by atomic mass is 9.97. The number of hydrogen-bond donors (Lipinski definition) is 4. The number of carbonyl (C=O) groups excluding carboxylic acids is 4. The zero-order valence-electron chi connectivity index (χ0n) is 26.9. The van der Waals surface area contributed by atoms with Crippen molar-refractivity contribution >= 4 is 40.6 Å². The molecule has 0 aromatic heterocycles. The number of carboxylic acid groups (broad SMARTS) is 1. The van der Waals surface area contributed by atoms with E-state index in [1.807, 2.05) is 48.5 Å². The molecule has 3 aromatic carbocycles. The van der Waals surface area contributed by atoms with Crippen molar-refractivity contribution in [3.63, 3.8) is 0 Å². The molecule has 0 saturated heterocycles. The molecular formula is C35H43N3O8. The van der Waals surface area contributed by atoms with Gasteiger partial charge in [-0.1, -0.05) is 86.6 Å². The Morgan fingerprint density at radius 3 is 2.07 bits per heavy atom. The molecule has 0 aliphatic heterocycles. The molecule has 0 saturated carbocycles. The summed E-state index contributed by atoms with van der Waals surface area (Å²) < 4.78 is 10.7. The lowest BCUT2D eigenvalue weighted by molar-refractivity contribution is -0.155. The molecule has 246 valence electrons. The van der Waals surface area contributed by atoms with Gasteiger partial charge in [-0.25, -0.2) is 9.59 Å². The number of rotatable bonds is 14. The lowest BCUT2D eigenvalue weighted by Crippen LogP contribution is -2.57. The predicted molar refractivity (Wildman–Crippen MR) is 173 cm³/mol. The summed E-state index contributed by atoms with van der Waals surface area (Å²) in [6, 6.07) is 18.4. The molecule has 11 nitrogen and oxygen atoms in total. The highest BCUT2D eigenvalue weighted by atomic mass is 16.6. The van der Waals surface area contributed by atoms with Gasteiger partial charge in [-0.2, -0.15) is 0 Å². The van der Waals surface area contributed by atoms with Crippen LogP contribution in [0.1, 0.15) is 58.6 Å². The molecule has 3 unspecified atom stereocenters. The van der Waals surface area contributed by atoms with E-state index in [9.17, 15) is 29.1 Å². The smallest absolute Gasteiger partial charge is 0.408 e. The third kappa shape index (κ3) is 11.2. The van der Waals surface area contributed by atoms with Crippen molar-refractivity contribution in [2.45, 2.75) is 84.2 Å². The minimum absolute atomic E-state index is 0.0284. The molecule has 0 bridgehead atoms. The zero-order valence-corrected chi connectivity index (χ0v) is 26.9. The first-order chi connectivity index (χ1) is 21.7. The molecule has 11 heteroatoms. The molecule has 4 N–H and O–H groups in total. The van der Waals surface area contributed by atoms with Crippen LogP contribution in [0.15, 0.2) is 72.8 Å². The van der Waals surface area contributed by atoms with Crippen molar-refractivity contribution in [2.75, 3.05) is 0 Å². The molecule has 3 amide bonds. The summed E-state index contributed by atoms with van der Waals surface area (Å²) in [6.07, 6.45) is -1.22. The predicted octanol–water partition coefficient (Wildman–Crippen LogP) is 4.51. The molecule has 0 heterocycles. The van der Waals surface area contributed by atoms with E-state index >= 15 is 0 Å². The molecule has 0 aliphatic rings. The fraction of sp³-hybridized carbons (Fsp3) is 0.400. The Morgan fingerprint density at radius 2 is 1.41 bits per heavy atom. The number of aliphatic carboxylic acids is 1. The number of nitrogens with one attached hydrogen (secondary N) is 3. The molecule has 46 heavy (non-hydrogen) atoms. The van der Waals surface area contributed by atoms with Gasteiger partial charge in [-0.15, -0.1) is 0 Å². The van der Waals surface area contributed by atoms with Crippen molar-refractivity contribution in [3.8, 4) is 0 Å². The fourth-order valence-electron chi connectivity index (χ4n) is 4.77. The van der Waals surface area contributed by atoms with Gasteiger partial charge in [0.1, 0.15) is 30.3 Å². The van der Waals surface area contributed by atoms with E-state index in [0.717, 1.165) is 21.9 Å². The first-order valence-electron chi connectivity index (χ1n) is 15.2. The van der Waals surface area contributed by atoms with Crippen molar-refractivity contribution in [2.24, 2.45) is 5.92 Å². The van der Waals surface area contributed by atoms with Gasteiger partial charge in [-0.05, 0) is 55.0 Å². The minimum Gasteiger partial charge on any atom is -0.480 e. The second-order valence-corrected chi connectivity index (χ2v) is 12.4. The average Bonchev–Trinajstić information content (AvgIpc) is 2.99. The van der Waals surface area contributed by atoms with E-state index in [1.54, 1.807) is 58.9 Å². The summed E-state index contributed by atoms with van der Waals surface area (Å²) in [4.78, 5) is 64.5. The van der Waals surface area contributed by atoms with Crippen molar-refractivity contribution < 1.29 is 38.6 Å². The monoisotopic (exact) mass is 633 g/mol. The van der Waals surface area contributed by atoms with Crippen molar-refractivity contribution in [1.82, 2.24) is 16.0 Å². The van der Waals surface area contributed by atoms with Crippen LogP contribution in [0.5, 0.6) is 0 Å². The van der Waals surface area contributed by atoms with Crippen LogP contribution in [0.2, 0.25) is 0 Å². The molecule has 3 atom stereocenters. The first-order valence-corrected chi connectivity index (χ1v) is 15.2. The number of amides is 3. The second kappa shape index (κ2) is 16.4. The van der Waals surface area contributed by atoms with E-state index < -0.39 is 59.5 Å². The molecule has 0 radical (unpaired) electrons. The summed E-state index contributed by atoms with van der Waals surface area (Å²) in [5.74, 6) is -3.68. The third-order valence-corrected chi connectivity index (χ3v) is 7.05. The number of alkyl carbamates (subject to hydrolysis) is 1. The quantitative estimate of drug-likeness (QED) is 0.189. The van der Waals surface area contributed by atoms with Gasteiger partial charge in [0, 0.05) is 12.8 Å². The maximum atomic E-state index is 13.7. The van der Waals surface area contributed by atoms with Gasteiger partial charge in [0.15, 0.2) is 0 Å². The number of carbonyl (C=O) groups is 5. The maximum absolute atomic E-state index is 13.7. The number of carboxylic acids is 1. The van der Waals surface area contributed by atoms with Crippen LogP contribution in [-0.4, -0.2) is 58.7 Å². The lowest BCUT2D eigenvalue weighted by Gasteiger charge is -2.26. The highest BCUT2D eigenvalue weighted by molar-refractivity contribution is 5.94. The van der Waals surface area contributed by atoms with Gasteiger partial charge in [-0.3, -0.25) is 14.4 Å². The topological polar surface area (TPSA) is 160 Å². The minimum atomic E-state index is -1.28. The van der Waals surface area contributed by atoms with Crippen LogP contribution < -0.4 is 16.0 Å². The van der Waals surface area contributed by atoms with Gasteiger partial charge in [0.05, 0.1) is 0 Å². The molecule has 0 fully saturated rings. The Morgan fingerprint density at radius 1 is 0.783 bits per heavy atom. The summed E-state index contributed by atoms with van der Waals surface area (Å²) in [5, 5.41) is 19.2. The number of benzene rings is 3. The van der Waals surface area contributed by atoms with Gasteiger partial charge >= 0.3 is 18.0 Å². The van der Waals surface area contributed by atoms with E-state index in [2.05, 4.69) is 16.0 Å². The largest absolute Gasteiger partial charge is 0.480 e. The van der Waals surface area contributed by atoms with Crippen molar-refractivity contribution in [3.05, 3.63) is 83.9 Å². The maximum Gasteiger partial charge on any atom is 0.408 e. The Balaban J connectivity index is 1.86. The molecule has 3 rings (SSSR count). The van der Waals surface area contributed by atoms with Crippen molar-refractivity contribution in [1.29, 1.82) is 0 Å². The highest BCUT2D eigenvalue weighted by Crippen LogP contribution is 2.20. The summed E-state index contributed by atoms with van der Waals surface area (Å²) in [7, 11) is 0. The molecule has 3 aromatic rings. The van der Waals surface area contributed by atoms with Gasteiger partial charge in [0.2, 0.25) is 11.8 Å². The number of esters is 1. The second-order valence-electron chi connectivity index (χ2n) is 12.4. The number of fused-ring (bicyclic) bond motifs is 1. The average molecular weight is 634 g/mol. The highest BCUT2D eigenvalue weighted by Gasteiger charge is 2.32. The standard InChI is InChI=1S/C35H43N3O8/c1-22(2)30(33(42)43)38-32(41)28(20-25-16-11-15-24-14-9-10-17-26(24)25)36-31(40)27(18-19-29(39)46-35(3,4)5)37-34(44)45-21-23-12-7-6-8-13-23/h6-17,22,27-28,30H,18-21H2,1-5H3,(H,36,40)(H,37,44)(H,38,41)(H,42,43). The summed E-state index contributed by atoms with van der Waals surface area (Å²) >= 11 is 0. The van der Waals surface area contributed by atoms with E-state index in [-0.39, 0.29) is 25.9 Å². The van der Waals surface area contributed by atoms with E-state index in [4.69, 9.17) is 9.47 Å². The number of hydrogen-bond acceptors (Lipinski definition) is 7. The van der Waals surface area contributed by atoms with Crippen LogP contribution in [0.3, 0.4) is 0 Å². The zero-order chi connectivity index (χ0) is 33.9. The summed E-state index contributed by atoms with van der Waals surface area (Å²) in [6.45, 7) is 8.42. The first kappa shape index (κ1) is 35.5. The number of ether oxygens (including phenoxy) is 2. The molecular weight excluding hydrogens is 590 g/mol. The summed E-state index contributed by atoms with van der Waals surface area (Å²) in [5.41, 5.74) is 0.725. The van der Waals surface area contributed by atoms with Crippen LogP contribution in [0.4, 0.5) is 4.79 Å². The normalized spacial score (nSPS) is 13.3. The molecule has 0 aliphatic carbocycles. The van der Waals surface area contributed by atoms with Crippen LogP contribution in [0.25, 0.3) is 10.8 Å².